The number of rotatable bonds is 7. The molecule has 0 fully saturated rings. The molecule has 1 N–H and O–H groups in total. The zero-order chi connectivity index (χ0) is 26.1. The van der Waals surface area contributed by atoms with Crippen LogP contribution in [-0.2, 0) is 10.0 Å². The molecule has 0 atom stereocenters. The molecule has 3 aromatic rings. The van der Waals surface area contributed by atoms with E-state index >= 15 is 0 Å². The van der Waals surface area contributed by atoms with E-state index in [1.807, 2.05) is 6.92 Å². The van der Waals surface area contributed by atoms with Crippen LogP contribution in [-0.4, -0.2) is 50.7 Å². The zero-order valence-electron chi connectivity index (χ0n) is 20.2. The minimum atomic E-state index is -4.11. The summed E-state index contributed by atoms with van der Waals surface area (Å²) in [7, 11) is 0.728. The van der Waals surface area contributed by atoms with Gasteiger partial charge in [-0.05, 0) is 54.9 Å². The topological polar surface area (TPSA) is 93.0 Å². The van der Waals surface area contributed by atoms with Crippen molar-refractivity contribution in [3.05, 3.63) is 69.1 Å². The van der Waals surface area contributed by atoms with Gasteiger partial charge in [0, 0.05) is 31.3 Å². The predicted octanol–water partition coefficient (Wildman–Crippen LogP) is 5.03. The van der Waals surface area contributed by atoms with Crippen LogP contribution in [0.1, 0.15) is 27.0 Å². The lowest BCUT2D eigenvalue weighted by Crippen LogP contribution is -2.17. The molecular weight excluding hydrogens is 539 g/mol. The van der Waals surface area contributed by atoms with E-state index in [0.29, 0.717) is 5.56 Å². The largest absolute Gasteiger partial charge is 0.496 e. The molecule has 0 bridgehead atoms. The normalized spacial score (nSPS) is 11.7. The van der Waals surface area contributed by atoms with Crippen LogP contribution >= 0.6 is 15.9 Å². The molecule has 0 aliphatic carbocycles. The van der Waals surface area contributed by atoms with Crippen molar-refractivity contribution in [1.82, 2.24) is 8.87 Å². The summed E-state index contributed by atoms with van der Waals surface area (Å²) in [5, 5.41) is 2.70. The van der Waals surface area contributed by atoms with E-state index in [0.717, 1.165) is 9.54 Å². The van der Waals surface area contributed by atoms with Gasteiger partial charge in [0.05, 0.1) is 29.6 Å². The average molecular weight is 565 g/mol. The van der Waals surface area contributed by atoms with E-state index in [1.165, 1.54) is 44.6 Å². The number of anilines is 1. The number of aromatic nitrogens is 1. The van der Waals surface area contributed by atoms with Crippen molar-refractivity contribution >= 4 is 49.7 Å². The van der Waals surface area contributed by atoms with E-state index < -0.39 is 21.7 Å². The fourth-order valence-corrected chi connectivity index (χ4v) is 5.71. The van der Waals surface area contributed by atoms with Crippen LogP contribution in [0.2, 0.25) is 0 Å². The summed E-state index contributed by atoms with van der Waals surface area (Å²) < 4.78 is 47.7. The Labute approximate surface area is 212 Å². The first-order valence-corrected chi connectivity index (χ1v) is 12.7. The van der Waals surface area contributed by atoms with Gasteiger partial charge in [0.15, 0.2) is 5.82 Å². The van der Waals surface area contributed by atoms with E-state index in [1.54, 1.807) is 38.1 Å². The predicted molar refractivity (Wildman–Crippen MR) is 138 cm³/mol. The number of carbonyl (C=O) groups is 1. The number of carbonyl (C=O) groups excluding carboxylic acids is 1. The number of aryl methyl sites for hydroxylation is 1. The van der Waals surface area contributed by atoms with Crippen LogP contribution in [0.4, 0.5) is 15.9 Å². The van der Waals surface area contributed by atoms with Crippen molar-refractivity contribution in [2.24, 2.45) is 4.99 Å². The summed E-state index contributed by atoms with van der Waals surface area (Å²) >= 11 is 3.28. The van der Waals surface area contributed by atoms with Crippen LogP contribution in [0.25, 0.3) is 0 Å². The lowest BCUT2D eigenvalue weighted by Gasteiger charge is -2.16. The van der Waals surface area contributed by atoms with Crippen LogP contribution in [0, 0.1) is 26.6 Å². The van der Waals surface area contributed by atoms with Gasteiger partial charge in [-0.2, -0.15) is 0 Å². The summed E-state index contributed by atoms with van der Waals surface area (Å²) in [6, 6.07) is 8.95. The number of methoxy groups -OCH3 is 1. The number of nitrogens with one attached hydrogen (secondary N) is 1. The summed E-state index contributed by atoms with van der Waals surface area (Å²) in [4.78, 5) is 19.3. The Morgan fingerprint density at radius 3 is 2.34 bits per heavy atom. The van der Waals surface area contributed by atoms with Gasteiger partial charge in [0.1, 0.15) is 16.2 Å². The molecule has 1 aromatic heterocycles. The molecule has 0 saturated carbocycles. The van der Waals surface area contributed by atoms with Crippen molar-refractivity contribution in [3.63, 3.8) is 0 Å². The first-order valence-electron chi connectivity index (χ1n) is 10.5. The molecule has 0 saturated heterocycles. The highest BCUT2D eigenvalue weighted by Crippen LogP contribution is 2.35. The second-order valence-electron chi connectivity index (χ2n) is 8.13. The van der Waals surface area contributed by atoms with Crippen molar-refractivity contribution in [2.45, 2.75) is 25.7 Å². The molecule has 186 valence electrons. The van der Waals surface area contributed by atoms with Crippen molar-refractivity contribution in [1.29, 1.82) is 0 Å². The lowest BCUT2D eigenvalue weighted by atomic mass is 10.1. The number of aliphatic imine (C=N–C) groups is 1. The minimum absolute atomic E-state index is 0.0207. The molecule has 35 heavy (non-hydrogen) atoms. The summed E-state index contributed by atoms with van der Waals surface area (Å²) in [6.45, 7) is 5.07. The molecule has 1 heterocycles. The maximum Gasteiger partial charge on any atom is 0.270 e. The Balaban J connectivity index is 2.18. The number of amides is 1. The first kappa shape index (κ1) is 26.4. The molecule has 0 unspecified atom stereocenters. The third kappa shape index (κ3) is 5.25. The molecule has 1 amide bonds. The monoisotopic (exact) mass is 564 g/mol. The Hall–Kier alpha value is -3.18. The maximum atomic E-state index is 14.4. The highest BCUT2D eigenvalue weighted by Gasteiger charge is 2.29. The van der Waals surface area contributed by atoms with Crippen molar-refractivity contribution in [3.8, 4) is 5.75 Å². The second-order valence-corrected chi connectivity index (χ2v) is 10.7. The highest BCUT2D eigenvalue weighted by molar-refractivity contribution is 9.10. The van der Waals surface area contributed by atoms with Gasteiger partial charge in [0.2, 0.25) is 0 Å². The molecule has 0 spiro atoms. The molecule has 0 aliphatic heterocycles. The fraction of sp³-hybridized carbons (Fsp3) is 0.250. The van der Waals surface area contributed by atoms with Gasteiger partial charge in [-0.25, -0.2) is 21.8 Å². The molecule has 3 rings (SSSR count). The van der Waals surface area contributed by atoms with Gasteiger partial charge >= 0.3 is 0 Å². The number of halogens is 2. The second kappa shape index (κ2) is 10.2. The molecule has 0 aliphatic rings. The quantitative estimate of drug-likeness (QED) is 0.320. The fourth-order valence-electron chi connectivity index (χ4n) is 3.39. The summed E-state index contributed by atoms with van der Waals surface area (Å²) in [5.74, 6) is -1.04. The Bertz CT molecular complexity index is 1410. The summed E-state index contributed by atoms with van der Waals surface area (Å²) in [6.07, 6.45) is 1.39. The van der Waals surface area contributed by atoms with Gasteiger partial charge in [-0.3, -0.25) is 4.79 Å². The van der Waals surface area contributed by atoms with E-state index in [9.17, 15) is 17.6 Å². The number of hydrogen-bond donors (Lipinski definition) is 1. The van der Waals surface area contributed by atoms with Crippen LogP contribution in [0.3, 0.4) is 0 Å². The van der Waals surface area contributed by atoms with Crippen LogP contribution in [0.5, 0.6) is 5.75 Å². The Kier molecular flexibility index (Phi) is 7.71. The van der Waals surface area contributed by atoms with Gasteiger partial charge in [-0.15, -0.1) is 0 Å². The van der Waals surface area contributed by atoms with E-state index in [2.05, 4.69) is 26.2 Å². The van der Waals surface area contributed by atoms with Crippen molar-refractivity contribution in [2.75, 3.05) is 26.5 Å². The van der Waals surface area contributed by atoms with Gasteiger partial charge in [-0.1, -0.05) is 17.7 Å². The van der Waals surface area contributed by atoms with E-state index in [-0.39, 0.29) is 37.9 Å². The van der Waals surface area contributed by atoms with E-state index in [4.69, 9.17) is 4.74 Å². The molecule has 0 radical (unpaired) electrons. The van der Waals surface area contributed by atoms with Crippen LogP contribution in [0.15, 0.2) is 50.9 Å². The number of hydrogen-bond acceptors (Lipinski definition) is 5. The number of benzene rings is 2. The van der Waals surface area contributed by atoms with Crippen molar-refractivity contribution < 1.29 is 22.3 Å². The number of ether oxygens (including phenoxy) is 1. The SMILES string of the molecule is COc1cc(F)c(C)c(NC(=O)c2cc(Br)n(S(=O)(=O)c3ccc(C)cc3)c2/N=C/N(C)C)c1C. The highest BCUT2D eigenvalue weighted by atomic mass is 79.9. The standard InChI is InChI=1S/C24H26BrFN4O4S/c1-14-7-9-17(10-8-14)35(32,33)30-21(25)11-18(23(30)27-13-29(4)5)24(31)28-22-15(2)19(26)12-20(34-6)16(22)3/h7-13H,1-6H3,(H,28,31)/b27-13+. The third-order valence-electron chi connectivity index (χ3n) is 5.30. The summed E-state index contributed by atoms with van der Waals surface area (Å²) in [5.41, 5.74) is 1.87. The molecule has 2 aromatic carbocycles. The lowest BCUT2D eigenvalue weighted by molar-refractivity contribution is 0.102. The van der Waals surface area contributed by atoms with Crippen LogP contribution < -0.4 is 10.1 Å². The van der Waals surface area contributed by atoms with Gasteiger partial charge in [0.25, 0.3) is 15.9 Å². The van der Waals surface area contributed by atoms with Gasteiger partial charge < -0.3 is 15.0 Å². The molecular formula is C24H26BrFN4O4S. The first-order chi connectivity index (χ1) is 16.4. The Morgan fingerprint density at radius 1 is 1.14 bits per heavy atom. The molecule has 8 nitrogen and oxygen atoms in total. The average Bonchev–Trinajstić information content (AvgIpc) is 3.14. The zero-order valence-corrected chi connectivity index (χ0v) is 22.6. The number of nitrogens with zero attached hydrogens (tertiary/aromatic N) is 3. The third-order valence-corrected chi connectivity index (χ3v) is 7.84. The minimum Gasteiger partial charge on any atom is -0.496 e. The smallest absolute Gasteiger partial charge is 0.270 e. The molecule has 11 heteroatoms. The Morgan fingerprint density at radius 2 is 1.77 bits per heavy atom. The maximum absolute atomic E-state index is 14.4.